The molecule has 0 fully saturated rings. The summed E-state index contributed by atoms with van der Waals surface area (Å²) < 4.78 is 0. The van der Waals surface area contributed by atoms with Crippen LogP contribution in [-0.2, 0) is 0 Å². The van der Waals surface area contributed by atoms with Gasteiger partial charge in [0.25, 0.3) is 5.91 Å². The maximum atomic E-state index is 13.3. The number of carbonyl (C=O) groups excluding carboxylic acids is 1. The first-order valence-electron chi connectivity index (χ1n) is 9.07. The van der Waals surface area contributed by atoms with Crippen LogP contribution in [0, 0.1) is 13.8 Å². The first-order valence-corrected chi connectivity index (χ1v) is 9.44. The molecule has 1 N–H and O–H groups in total. The topological polar surface area (TPSA) is 42.0 Å². The summed E-state index contributed by atoms with van der Waals surface area (Å²) in [6, 6.07) is 23.0. The first-order chi connectivity index (χ1) is 13.5. The highest BCUT2D eigenvalue weighted by Crippen LogP contribution is 2.31. The van der Waals surface area contributed by atoms with Gasteiger partial charge in [-0.05, 0) is 49.2 Å². The van der Waals surface area contributed by atoms with Crippen LogP contribution in [0.1, 0.15) is 21.5 Å². The molecule has 0 unspecified atom stereocenters. The lowest BCUT2D eigenvalue weighted by Crippen LogP contribution is -2.16. The zero-order valence-corrected chi connectivity index (χ0v) is 16.4. The van der Waals surface area contributed by atoms with E-state index in [9.17, 15) is 4.79 Å². The third kappa shape index (κ3) is 3.37. The summed E-state index contributed by atoms with van der Waals surface area (Å²) in [5.41, 5.74) is 5.70. The lowest BCUT2D eigenvalue weighted by atomic mass is 9.97. The fraction of sp³-hybridized carbons (Fsp3) is 0.0833. The van der Waals surface area contributed by atoms with Crippen molar-refractivity contribution in [3.05, 3.63) is 94.5 Å². The predicted molar refractivity (Wildman–Crippen MR) is 116 cm³/mol. The van der Waals surface area contributed by atoms with Gasteiger partial charge in [0.1, 0.15) is 0 Å². The predicted octanol–water partition coefficient (Wildman–Crippen LogP) is 6.42. The van der Waals surface area contributed by atoms with E-state index in [0.717, 1.165) is 39.0 Å². The van der Waals surface area contributed by atoms with Crippen molar-refractivity contribution in [2.75, 3.05) is 5.32 Å². The summed E-state index contributed by atoms with van der Waals surface area (Å²) in [5.74, 6) is -0.145. The van der Waals surface area contributed by atoms with Crippen LogP contribution in [0.3, 0.4) is 0 Å². The van der Waals surface area contributed by atoms with E-state index in [0.29, 0.717) is 10.6 Å². The minimum atomic E-state index is -0.145. The van der Waals surface area contributed by atoms with E-state index in [2.05, 4.69) is 5.32 Å². The second-order valence-corrected chi connectivity index (χ2v) is 7.19. The Labute approximate surface area is 169 Å². The molecule has 1 aromatic heterocycles. The van der Waals surface area contributed by atoms with Crippen molar-refractivity contribution in [3.8, 4) is 11.3 Å². The van der Waals surface area contributed by atoms with E-state index in [-0.39, 0.29) is 5.91 Å². The van der Waals surface area contributed by atoms with Crippen molar-refractivity contribution in [3.63, 3.8) is 0 Å². The number of fused-ring (bicyclic) bond motifs is 1. The van der Waals surface area contributed by atoms with Crippen LogP contribution in [0.2, 0.25) is 5.02 Å². The molecule has 28 heavy (non-hydrogen) atoms. The Balaban J connectivity index is 1.90. The van der Waals surface area contributed by atoms with Gasteiger partial charge in [0, 0.05) is 21.7 Å². The SMILES string of the molecule is Cc1ccccc1NC(=O)c1c(C)c(-c2cccc(Cl)c2)nc2ccccc12. The maximum Gasteiger partial charge on any atom is 0.256 e. The Kier molecular flexibility index (Phi) is 4.84. The summed E-state index contributed by atoms with van der Waals surface area (Å²) in [7, 11) is 0. The molecule has 4 aromatic rings. The van der Waals surface area contributed by atoms with Crippen molar-refractivity contribution in [2.45, 2.75) is 13.8 Å². The Morgan fingerprint density at radius 1 is 0.929 bits per heavy atom. The van der Waals surface area contributed by atoms with Crippen LogP contribution >= 0.6 is 11.6 Å². The number of halogens is 1. The first kappa shape index (κ1) is 18.2. The van der Waals surface area contributed by atoms with E-state index in [1.54, 1.807) is 0 Å². The van der Waals surface area contributed by atoms with Crippen molar-refractivity contribution >= 4 is 34.1 Å². The highest BCUT2D eigenvalue weighted by molar-refractivity contribution is 6.30. The zero-order valence-electron chi connectivity index (χ0n) is 15.7. The fourth-order valence-electron chi connectivity index (χ4n) is 3.41. The van der Waals surface area contributed by atoms with E-state index in [4.69, 9.17) is 16.6 Å². The van der Waals surface area contributed by atoms with Crippen LogP contribution in [-0.4, -0.2) is 10.9 Å². The number of rotatable bonds is 3. The van der Waals surface area contributed by atoms with Gasteiger partial charge in [0.2, 0.25) is 0 Å². The molecule has 0 aliphatic carbocycles. The van der Waals surface area contributed by atoms with Gasteiger partial charge in [-0.3, -0.25) is 4.79 Å². The van der Waals surface area contributed by atoms with Crippen molar-refractivity contribution in [1.29, 1.82) is 0 Å². The second-order valence-electron chi connectivity index (χ2n) is 6.76. The van der Waals surface area contributed by atoms with E-state index in [1.165, 1.54) is 0 Å². The number of nitrogens with one attached hydrogen (secondary N) is 1. The average molecular weight is 387 g/mol. The van der Waals surface area contributed by atoms with E-state index < -0.39 is 0 Å². The molecule has 3 nitrogen and oxygen atoms in total. The van der Waals surface area contributed by atoms with Gasteiger partial charge >= 0.3 is 0 Å². The van der Waals surface area contributed by atoms with E-state index >= 15 is 0 Å². The minimum absolute atomic E-state index is 0.145. The number of hydrogen-bond donors (Lipinski definition) is 1. The number of aromatic nitrogens is 1. The number of benzene rings is 3. The van der Waals surface area contributed by atoms with Crippen LogP contribution in [0.15, 0.2) is 72.8 Å². The summed E-state index contributed by atoms with van der Waals surface area (Å²) in [5, 5.41) is 4.52. The van der Waals surface area contributed by atoms with Crippen molar-refractivity contribution in [1.82, 2.24) is 4.98 Å². The van der Waals surface area contributed by atoms with Gasteiger partial charge in [-0.25, -0.2) is 4.98 Å². The Morgan fingerprint density at radius 3 is 2.46 bits per heavy atom. The molecule has 4 rings (SSSR count). The lowest BCUT2D eigenvalue weighted by Gasteiger charge is -2.15. The summed E-state index contributed by atoms with van der Waals surface area (Å²) in [4.78, 5) is 18.1. The fourth-order valence-corrected chi connectivity index (χ4v) is 3.60. The molecule has 0 aliphatic heterocycles. The van der Waals surface area contributed by atoms with Crippen molar-refractivity contribution in [2.24, 2.45) is 0 Å². The number of amides is 1. The van der Waals surface area contributed by atoms with Gasteiger partial charge in [0.05, 0.1) is 16.8 Å². The molecule has 0 saturated heterocycles. The lowest BCUT2D eigenvalue weighted by molar-refractivity contribution is 0.102. The number of pyridine rings is 1. The van der Waals surface area contributed by atoms with Crippen LogP contribution < -0.4 is 5.32 Å². The molecule has 0 radical (unpaired) electrons. The van der Waals surface area contributed by atoms with Crippen LogP contribution in [0.5, 0.6) is 0 Å². The normalized spacial score (nSPS) is 10.8. The number of carbonyl (C=O) groups is 1. The van der Waals surface area contributed by atoms with Crippen molar-refractivity contribution < 1.29 is 4.79 Å². The molecule has 0 bridgehead atoms. The smallest absolute Gasteiger partial charge is 0.256 e. The summed E-state index contributed by atoms with van der Waals surface area (Å²) in [6.45, 7) is 3.91. The van der Waals surface area contributed by atoms with Gasteiger partial charge in [-0.2, -0.15) is 0 Å². The quantitative estimate of drug-likeness (QED) is 0.441. The monoisotopic (exact) mass is 386 g/mol. The highest BCUT2D eigenvalue weighted by atomic mass is 35.5. The van der Waals surface area contributed by atoms with Gasteiger partial charge in [0.15, 0.2) is 0 Å². The molecule has 0 saturated carbocycles. The summed E-state index contributed by atoms with van der Waals surface area (Å²) >= 11 is 6.19. The standard InChI is InChI=1S/C24H19ClN2O/c1-15-8-3-5-12-20(15)27-24(28)22-16(2)23(17-9-7-10-18(25)14-17)26-21-13-6-4-11-19(21)22/h3-14H,1-2H3,(H,27,28). The molecule has 3 aromatic carbocycles. The van der Waals surface area contributed by atoms with Gasteiger partial charge in [-0.1, -0.05) is 60.1 Å². The Morgan fingerprint density at radius 2 is 1.68 bits per heavy atom. The second kappa shape index (κ2) is 7.45. The molecule has 138 valence electrons. The largest absolute Gasteiger partial charge is 0.322 e. The number of para-hydroxylation sites is 2. The number of hydrogen-bond acceptors (Lipinski definition) is 2. The van der Waals surface area contributed by atoms with Crippen LogP contribution in [0.25, 0.3) is 22.2 Å². The molecular weight excluding hydrogens is 368 g/mol. The van der Waals surface area contributed by atoms with Crippen LogP contribution in [0.4, 0.5) is 5.69 Å². The molecule has 0 spiro atoms. The average Bonchev–Trinajstić information content (AvgIpc) is 2.69. The number of anilines is 1. The summed E-state index contributed by atoms with van der Waals surface area (Å²) in [6.07, 6.45) is 0. The molecule has 0 atom stereocenters. The number of aryl methyl sites for hydroxylation is 1. The molecular formula is C24H19ClN2O. The highest BCUT2D eigenvalue weighted by Gasteiger charge is 2.19. The van der Waals surface area contributed by atoms with E-state index in [1.807, 2.05) is 86.6 Å². The molecule has 1 amide bonds. The third-order valence-electron chi connectivity index (χ3n) is 4.85. The van der Waals surface area contributed by atoms with Gasteiger partial charge in [-0.15, -0.1) is 0 Å². The maximum absolute atomic E-state index is 13.3. The molecule has 1 heterocycles. The molecule has 0 aliphatic rings. The van der Waals surface area contributed by atoms with Gasteiger partial charge < -0.3 is 5.32 Å². The minimum Gasteiger partial charge on any atom is -0.322 e. The Hall–Kier alpha value is -3.17. The third-order valence-corrected chi connectivity index (χ3v) is 5.09. The Bertz CT molecular complexity index is 1200. The molecule has 4 heteroatoms. The zero-order chi connectivity index (χ0) is 19.7. The number of nitrogens with zero attached hydrogens (tertiary/aromatic N) is 1.